The fourth-order valence-corrected chi connectivity index (χ4v) is 5.09. The zero-order chi connectivity index (χ0) is 26.5. The second-order valence-corrected chi connectivity index (χ2v) is 10.5. The van der Waals surface area contributed by atoms with Crippen LogP contribution in [0.15, 0.2) is 109 Å². The molecule has 0 atom stereocenters. The number of hydrogen-bond acceptors (Lipinski definition) is 2. The minimum atomic E-state index is 0.809. The van der Waals surface area contributed by atoms with E-state index in [4.69, 9.17) is 11.5 Å². The predicted molar refractivity (Wildman–Crippen MR) is 162 cm³/mol. The average molecular weight is 497 g/mol. The Morgan fingerprint density at radius 2 is 0.658 bits per heavy atom. The van der Waals surface area contributed by atoms with E-state index in [1.165, 1.54) is 55.6 Å². The molecule has 0 unspecified atom stereocenters. The molecule has 0 aliphatic heterocycles. The van der Waals surface area contributed by atoms with Crippen molar-refractivity contribution in [3.8, 4) is 0 Å². The molecular formula is C36H36N2. The first-order valence-corrected chi connectivity index (χ1v) is 13.3. The molecule has 190 valence electrons. The maximum atomic E-state index is 5.83. The molecule has 0 spiro atoms. The second kappa shape index (κ2) is 11.4. The first kappa shape index (κ1) is 25.4. The molecule has 38 heavy (non-hydrogen) atoms. The van der Waals surface area contributed by atoms with Gasteiger partial charge in [-0.1, -0.05) is 84.9 Å². The standard InChI is InChI=1S/C36H36N2/c1-25-19-31(22-29-11-17-36(38)18-12-29)7-13-34(25)24-32-8-14-33(26(2)20-32)23-30-5-3-27(4-6-30)21-28-9-15-35(37)16-10-28/h3-20H,21-24,37-38H2,1-2H3. The number of nitrogens with two attached hydrogens (primary N) is 2. The van der Waals surface area contributed by atoms with Gasteiger partial charge in [0.25, 0.3) is 0 Å². The lowest BCUT2D eigenvalue weighted by Crippen LogP contribution is -1.98. The van der Waals surface area contributed by atoms with Crippen LogP contribution in [0.4, 0.5) is 11.4 Å². The predicted octanol–water partition coefficient (Wildman–Crippen LogP) is 7.83. The molecule has 0 saturated carbocycles. The summed E-state index contributed by atoms with van der Waals surface area (Å²) < 4.78 is 0. The van der Waals surface area contributed by atoms with E-state index in [2.05, 4.69) is 98.8 Å². The van der Waals surface area contributed by atoms with E-state index in [-0.39, 0.29) is 0 Å². The van der Waals surface area contributed by atoms with E-state index in [1.54, 1.807) is 0 Å². The Kier molecular flexibility index (Phi) is 7.60. The maximum absolute atomic E-state index is 5.83. The number of anilines is 2. The smallest absolute Gasteiger partial charge is 0.0314 e. The van der Waals surface area contributed by atoms with Crippen molar-refractivity contribution >= 4 is 11.4 Å². The van der Waals surface area contributed by atoms with Gasteiger partial charge in [-0.25, -0.2) is 0 Å². The maximum Gasteiger partial charge on any atom is 0.0314 e. The van der Waals surface area contributed by atoms with Gasteiger partial charge in [-0.3, -0.25) is 0 Å². The van der Waals surface area contributed by atoms with Crippen molar-refractivity contribution < 1.29 is 0 Å². The number of aryl methyl sites for hydroxylation is 2. The Morgan fingerprint density at radius 3 is 1.08 bits per heavy atom. The molecule has 0 saturated heterocycles. The van der Waals surface area contributed by atoms with Crippen LogP contribution in [-0.2, 0) is 25.7 Å². The highest BCUT2D eigenvalue weighted by Gasteiger charge is 2.07. The molecule has 0 aliphatic carbocycles. The van der Waals surface area contributed by atoms with Crippen LogP contribution in [0, 0.1) is 13.8 Å². The van der Waals surface area contributed by atoms with Gasteiger partial charge >= 0.3 is 0 Å². The molecule has 4 N–H and O–H groups in total. The summed E-state index contributed by atoms with van der Waals surface area (Å²) in [7, 11) is 0. The Balaban J connectivity index is 1.21. The van der Waals surface area contributed by atoms with Crippen molar-refractivity contribution in [1.29, 1.82) is 0 Å². The summed E-state index contributed by atoms with van der Waals surface area (Å²) in [6.45, 7) is 4.46. The lowest BCUT2D eigenvalue weighted by atomic mass is 9.93. The molecule has 0 amide bonds. The summed E-state index contributed by atoms with van der Waals surface area (Å²) in [5.74, 6) is 0. The lowest BCUT2D eigenvalue weighted by molar-refractivity contribution is 1.09. The van der Waals surface area contributed by atoms with Crippen LogP contribution in [0.3, 0.4) is 0 Å². The second-order valence-electron chi connectivity index (χ2n) is 10.5. The van der Waals surface area contributed by atoms with Crippen molar-refractivity contribution in [1.82, 2.24) is 0 Å². The summed E-state index contributed by atoms with van der Waals surface area (Å²) in [6.07, 6.45) is 3.76. The molecule has 2 nitrogen and oxygen atoms in total. The summed E-state index contributed by atoms with van der Waals surface area (Å²) in [5, 5.41) is 0. The number of hydrogen-bond donors (Lipinski definition) is 2. The van der Waals surface area contributed by atoms with Crippen LogP contribution >= 0.6 is 0 Å². The molecular weight excluding hydrogens is 460 g/mol. The third kappa shape index (κ3) is 6.52. The quantitative estimate of drug-likeness (QED) is 0.215. The van der Waals surface area contributed by atoms with Gasteiger partial charge in [0.05, 0.1) is 0 Å². The first-order chi connectivity index (χ1) is 18.4. The topological polar surface area (TPSA) is 52.0 Å². The van der Waals surface area contributed by atoms with Crippen LogP contribution < -0.4 is 11.5 Å². The molecule has 0 fully saturated rings. The summed E-state index contributed by atoms with van der Waals surface area (Å²) >= 11 is 0. The van der Waals surface area contributed by atoms with Gasteiger partial charge in [0.15, 0.2) is 0 Å². The molecule has 5 rings (SSSR count). The number of benzene rings is 5. The molecule has 0 aromatic heterocycles. The fraction of sp³-hybridized carbons (Fsp3) is 0.167. The molecule has 5 aromatic rings. The Morgan fingerprint density at radius 1 is 0.368 bits per heavy atom. The van der Waals surface area contributed by atoms with Crippen molar-refractivity contribution in [2.24, 2.45) is 0 Å². The van der Waals surface area contributed by atoms with E-state index >= 15 is 0 Å². The minimum Gasteiger partial charge on any atom is -0.399 e. The molecule has 0 bridgehead atoms. The van der Waals surface area contributed by atoms with Crippen LogP contribution in [0.1, 0.15) is 55.6 Å². The van der Waals surface area contributed by atoms with Crippen LogP contribution in [-0.4, -0.2) is 0 Å². The zero-order valence-corrected chi connectivity index (χ0v) is 22.4. The van der Waals surface area contributed by atoms with E-state index in [0.29, 0.717) is 0 Å². The molecule has 5 aromatic carbocycles. The normalized spacial score (nSPS) is 11.0. The minimum absolute atomic E-state index is 0.809. The van der Waals surface area contributed by atoms with Crippen LogP contribution in [0.25, 0.3) is 0 Å². The Labute approximate surface area is 227 Å². The third-order valence-electron chi connectivity index (χ3n) is 7.40. The van der Waals surface area contributed by atoms with Gasteiger partial charge < -0.3 is 11.5 Å². The fourth-order valence-electron chi connectivity index (χ4n) is 5.09. The van der Waals surface area contributed by atoms with Crippen LogP contribution in [0.2, 0.25) is 0 Å². The van der Waals surface area contributed by atoms with Gasteiger partial charge in [-0.05, 0) is 119 Å². The molecule has 0 heterocycles. The number of rotatable bonds is 8. The summed E-state index contributed by atoms with van der Waals surface area (Å²) in [6, 6.07) is 39.1. The molecule has 2 heteroatoms. The van der Waals surface area contributed by atoms with Gasteiger partial charge in [0.2, 0.25) is 0 Å². The number of nitrogen functional groups attached to an aromatic ring is 2. The van der Waals surface area contributed by atoms with E-state index in [1.807, 2.05) is 24.3 Å². The Hall–Kier alpha value is -4.30. The zero-order valence-electron chi connectivity index (χ0n) is 22.4. The van der Waals surface area contributed by atoms with Crippen molar-refractivity contribution in [3.05, 3.63) is 165 Å². The molecule has 0 aliphatic rings. The highest BCUT2D eigenvalue weighted by atomic mass is 14.5. The highest BCUT2D eigenvalue weighted by molar-refractivity contribution is 5.44. The van der Waals surface area contributed by atoms with E-state index < -0.39 is 0 Å². The first-order valence-electron chi connectivity index (χ1n) is 13.3. The van der Waals surface area contributed by atoms with Gasteiger partial charge in [0, 0.05) is 11.4 Å². The largest absolute Gasteiger partial charge is 0.399 e. The van der Waals surface area contributed by atoms with Crippen molar-refractivity contribution in [3.63, 3.8) is 0 Å². The van der Waals surface area contributed by atoms with E-state index in [0.717, 1.165) is 37.1 Å². The van der Waals surface area contributed by atoms with E-state index in [9.17, 15) is 0 Å². The molecule has 0 radical (unpaired) electrons. The average Bonchev–Trinajstić information content (AvgIpc) is 2.91. The third-order valence-corrected chi connectivity index (χ3v) is 7.40. The van der Waals surface area contributed by atoms with Crippen LogP contribution in [0.5, 0.6) is 0 Å². The lowest BCUT2D eigenvalue weighted by Gasteiger charge is -2.12. The summed E-state index contributed by atoms with van der Waals surface area (Å²) in [4.78, 5) is 0. The monoisotopic (exact) mass is 496 g/mol. The van der Waals surface area contributed by atoms with Crippen molar-refractivity contribution in [2.75, 3.05) is 11.5 Å². The Bertz CT molecular complexity index is 1510. The summed E-state index contributed by atoms with van der Waals surface area (Å²) in [5.41, 5.74) is 26.6. The van der Waals surface area contributed by atoms with Gasteiger partial charge in [-0.2, -0.15) is 0 Å². The highest BCUT2D eigenvalue weighted by Crippen LogP contribution is 2.22. The van der Waals surface area contributed by atoms with Crippen molar-refractivity contribution in [2.45, 2.75) is 39.5 Å². The SMILES string of the molecule is Cc1cc(Cc2ccc(N)cc2)ccc1Cc1ccc(Cc2ccc(Cc3ccc(N)cc3)cc2)c(C)c1. The van der Waals surface area contributed by atoms with Gasteiger partial charge in [-0.15, -0.1) is 0 Å². The van der Waals surface area contributed by atoms with Gasteiger partial charge in [0.1, 0.15) is 0 Å².